The molecule has 1 atom stereocenters. The number of hydrogen-bond donors (Lipinski definition) is 1. The van der Waals surface area contributed by atoms with Crippen molar-refractivity contribution in [2.75, 3.05) is 31.6 Å². The van der Waals surface area contributed by atoms with Crippen LogP contribution in [0.5, 0.6) is 5.75 Å². The number of nitrogens with one attached hydrogen (secondary N) is 1. The maximum Gasteiger partial charge on any atom is 0.258 e. The predicted molar refractivity (Wildman–Crippen MR) is 146 cm³/mol. The van der Waals surface area contributed by atoms with Crippen molar-refractivity contribution in [1.82, 2.24) is 19.4 Å². The van der Waals surface area contributed by atoms with Gasteiger partial charge < -0.3 is 18.9 Å². The molecular formula is C28H32ClN5O4. The lowest BCUT2D eigenvalue weighted by Gasteiger charge is -2.27. The number of ether oxygens (including phenoxy) is 2. The van der Waals surface area contributed by atoms with Gasteiger partial charge in [0, 0.05) is 43.4 Å². The molecule has 2 fully saturated rings. The normalized spacial score (nSPS) is 18.7. The number of carbonyl (C=O) groups excluding carboxylic acids is 2. The molecule has 2 amide bonds. The van der Waals surface area contributed by atoms with Gasteiger partial charge in [0.05, 0.1) is 30.3 Å². The van der Waals surface area contributed by atoms with E-state index in [0.717, 1.165) is 37.8 Å². The van der Waals surface area contributed by atoms with Crippen molar-refractivity contribution in [2.24, 2.45) is 0 Å². The standard InChI is InChI=1S/C28H32ClN5O4/c1-3-24(35)33-13-5-4-6-20(17-33)34-26-22(7-8-23(25(26)29)38-21-10-14-37-15-11-21)31-28(34)32-27(36)19-9-12-30-18(2)16-19/h3,7-9,12,16,20-21H,1,4-6,10-11,13-15,17H2,2H3,(H,31,32,36). The van der Waals surface area contributed by atoms with Gasteiger partial charge >= 0.3 is 0 Å². The quantitative estimate of drug-likeness (QED) is 0.447. The fourth-order valence-corrected chi connectivity index (χ4v) is 5.45. The number of pyridine rings is 1. The molecule has 0 radical (unpaired) electrons. The van der Waals surface area contributed by atoms with Crippen molar-refractivity contribution in [3.63, 3.8) is 0 Å². The first kappa shape index (κ1) is 26.2. The summed E-state index contributed by atoms with van der Waals surface area (Å²) in [5.41, 5.74) is 2.54. The van der Waals surface area contributed by atoms with Gasteiger partial charge in [-0.05, 0) is 56.5 Å². The van der Waals surface area contributed by atoms with Gasteiger partial charge in [0.15, 0.2) is 0 Å². The number of anilines is 1. The number of aromatic nitrogens is 3. The number of imidazole rings is 1. The van der Waals surface area contributed by atoms with E-state index in [4.69, 9.17) is 26.1 Å². The molecule has 2 aromatic heterocycles. The summed E-state index contributed by atoms with van der Waals surface area (Å²) in [7, 11) is 0. The summed E-state index contributed by atoms with van der Waals surface area (Å²) in [6.07, 6.45) is 7.14. The molecule has 4 heterocycles. The minimum atomic E-state index is -0.297. The van der Waals surface area contributed by atoms with E-state index in [9.17, 15) is 9.59 Å². The highest BCUT2D eigenvalue weighted by Gasteiger charge is 2.29. The third-order valence-electron chi connectivity index (χ3n) is 7.10. The number of likely N-dealkylation sites (tertiary alicyclic amines) is 1. The van der Waals surface area contributed by atoms with Crippen LogP contribution in [0.2, 0.25) is 5.02 Å². The van der Waals surface area contributed by atoms with Gasteiger partial charge in [0.25, 0.3) is 5.91 Å². The second-order valence-corrected chi connectivity index (χ2v) is 10.1. The molecule has 0 saturated carbocycles. The SMILES string of the molecule is C=CC(=O)N1CCCCC(n2c(NC(=O)c3ccnc(C)c3)nc3ccc(OC4CCOCC4)c(Cl)c32)C1. The van der Waals surface area contributed by atoms with E-state index in [0.29, 0.717) is 59.6 Å². The highest BCUT2D eigenvalue weighted by atomic mass is 35.5. The zero-order valence-corrected chi connectivity index (χ0v) is 22.2. The van der Waals surface area contributed by atoms with Crippen LogP contribution in [0.3, 0.4) is 0 Å². The van der Waals surface area contributed by atoms with Gasteiger partial charge in [-0.15, -0.1) is 0 Å². The van der Waals surface area contributed by atoms with Crippen molar-refractivity contribution < 1.29 is 19.1 Å². The molecule has 5 rings (SSSR count). The zero-order chi connectivity index (χ0) is 26.6. The van der Waals surface area contributed by atoms with Crippen LogP contribution < -0.4 is 10.1 Å². The first-order valence-electron chi connectivity index (χ1n) is 13.0. The molecule has 1 aromatic carbocycles. The Bertz CT molecular complexity index is 1350. The second-order valence-electron chi connectivity index (χ2n) is 9.76. The largest absolute Gasteiger partial charge is 0.489 e. The molecule has 3 aromatic rings. The van der Waals surface area contributed by atoms with Crippen LogP contribution >= 0.6 is 11.6 Å². The van der Waals surface area contributed by atoms with E-state index in [2.05, 4.69) is 16.9 Å². The average Bonchev–Trinajstić information content (AvgIpc) is 3.11. The van der Waals surface area contributed by atoms with Crippen LogP contribution in [0.1, 0.15) is 54.2 Å². The Labute approximate surface area is 226 Å². The number of halogens is 1. The number of benzene rings is 1. The van der Waals surface area contributed by atoms with Gasteiger partial charge in [-0.25, -0.2) is 4.98 Å². The van der Waals surface area contributed by atoms with Crippen LogP contribution in [0.15, 0.2) is 43.1 Å². The second kappa shape index (κ2) is 11.5. The van der Waals surface area contributed by atoms with Crippen LogP contribution in [0.4, 0.5) is 5.95 Å². The topological polar surface area (TPSA) is 98.6 Å². The van der Waals surface area contributed by atoms with Gasteiger partial charge in [-0.3, -0.25) is 19.9 Å². The van der Waals surface area contributed by atoms with Crippen molar-refractivity contribution in [2.45, 2.75) is 51.2 Å². The fourth-order valence-electron chi connectivity index (χ4n) is 5.16. The highest BCUT2D eigenvalue weighted by molar-refractivity contribution is 6.36. The van der Waals surface area contributed by atoms with E-state index in [-0.39, 0.29) is 24.0 Å². The summed E-state index contributed by atoms with van der Waals surface area (Å²) in [4.78, 5) is 36.6. The molecule has 10 heteroatoms. The molecule has 0 spiro atoms. The Morgan fingerprint density at radius 2 is 2.03 bits per heavy atom. The van der Waals surface area contributed by atoms with Crippen LogP contribution in [-0.2, 0) is 9.53 Å². The Balaban J connectivity index is 1.57. The summed E-state index contributed by atoms with van der Waals surface area (Å²) in [6.45, 7) is 7.91. The van der Waals surface area contributed by atoms with E-state index < -0.39 is 0 Å². The molecular weight excluding hydrogens is 506 g/mol. The maximum absolute atomic E-state index is 13.2. The number of rotatable bonds is 6. The lowest BCUT2D eigenvalue weighted by molar-refractivity contribution is -0.126. The summed E-state index contributed by atoms with van der Waals surface area (Å²) in [5.74, 6) is 0.535. The molecule has 1 N–H and O–H groups in total. The van der Waals surface area contributed by atoms with Crippen LogP contribution in [0, 0.1) is 6.92 Å². The molecule has 0 aliphatic carbocycles. The van der Waals surface area contributed by atoms with E-state index in [1.165, 1.54) is 6.08 Å². The first-order chi connectivity index (χ1) is 18.4. The van der Waals surface area contributed by atoms with Crippen molar-refractivity contribution >= 4 is 40.4 Å². The Hall–Kier alpha value is -3.43. The number of fused-ring (bicyclic) bond motifs is 1. The van der Waals surface area contributed by atoms with Crippen LogP contribution in [0.25, 0.3) is 11.0 Å². The lowest BCUT2D eigenvalue weighted by Crippen LogP contribution is -2.34. The summed E-state index contributed by atoms with van der Waals surface area (Å²) in [5, 5.41) is 3.43. The summed E-state index contributed by atoms with van der Waals surface area (Å²) in [6, 6.07) is 6.93. The molecule has 38 heavy (non-hydrogen) atoms. The third-order valence-corrected chi connectivity index (χ3v) is 7.46. The van der Waals surface area contributed by atoms with Gasteiger partial charge in [0.1, 0.15) is 16.9 Å². The monoisotopic (exact) mass is 537 g/mol. The molecule has 2 saturated heterocycles. The third kappa shape index (κ3) is 5.54. The molecule has 0 bridgehead atoms. The van der Waals surface area contributed by atoms with Gasteiger partial charge in [-0.1, -0.05) is 18.2 Å². The van der Waals surface area contributed by atoms with E-state index in [1.807, 2.05) is 23.6 Å². The molecule has 2 aliphatic heterocycles. The lowest BCUT2D eigenvalue weighted by atomic mass is 10.1. The van der Waals surface area contributed by atoms with Gasteiger partial charge in [0.2, 0.25) is 11.9 Å². The summed E-state index contributed by atoms with van der Waals surface area (Å²) < 4.78 is 13.7. The Morgan fingerprint density at radius 3 is 2.79 bits per heavy atom. The average molecular weight is 538 g/mol. The van der Waals surface area contributed by atoms with Gasteiger partial charge in [-0.2, -0.15) is 0 Å². The minimum absolute atomic E-state index is 0.0164. The molecule has 9 nitrogen and oxygen atoms in total. The zero-order valence-electron chi connectivity index (χ0n) is 21.5. The number of carbonyl (C=O) groups is 2. The van der Waals surface area contributed by atoms with Crippen molar-refractivity contribution in [1.29, 1.82) is 0 Å². The van der Waals surface area contributed by atoms with Crippen molar-refractivity contribution in [3.05, 3.63) is 59.4 Å². The molecule has 200 valence electrons. The highest BCUT2D eigenvalue weighted by Crippen LogP contribution is 2.39. The molecule has 1 unspecified atom stereocenters. The first-order valence-corrected chi connectivity index (χ1v) is 13.4. The Morgan fingerprint density at radius 1 is 1.21 bits per heavy atom. The minimum Gasteiger partial charge on any atom is -0.489 e. The van der Waals surface area contributed by atoms with Crippen LogP contribution in [-0.4, -0.2) is 63.7 Å². The predicted octanol–water partition coefficient (Wildman–Crippen LogP) is 4.94. The van der Waals surface area contributed by atoms with E-state index >= 15 is 0 Å². The van der Waals surface area contributed by atoms with E-state index in [1.54, 1.807) is 23.2 Å². The summed E-state index contributed by atoms with van der Waals surface area (Å²) >= 11 is 7.01. The Kier molecular flexibility index (Phi) is 7.95. The maximum atomic E-state index is 13.2. The molecule has 2 aliphatic rings. The number of amides is 2. The fraction of sp³-hybridized carbons (Fsp3) is 0.429. The smallest absolute Gasteiger partial charge is 0.258 e. The van der Waals surface area contributed by atoms with Crippen molar-refractivity contribution in [3.8, 4) is 5.75 Å². The number of aryl methyl sites for hydroxylation is 1. The number of nitrogens with zero attached hydrogens (tertiary/aromatic N) is 4. The number of hydrogen-bond acceptors (Lipinski definition) is 6.